The fourth-order valence-electron chi connectivity index (χ4n) is 9.76. The zero-order valence-corrected chi connectivity index (χ0v) is 34.7. The molecule has 2 heterocycles. The fourth-order valence-corrected chi connectivity index (χ4v) is 9.76. The second-order valence-corrected chi connectivity index (χ2v) is 16.6. The molecule has 0 saturated heterocycles. The Morgan fingerprint density at radius 1 is 0.349 bits per heavy atom. The van der Waals surface area contributed by atoms with Gasteiger partial charge in [-0.25, -0.2) is 9.97 Å². The quantitative estimate of drug-likeness (QED) is 0.161. The van der Waals surface area contributed by atoms with Crippen molar-refractivity contribution in [2.45, 2.75) is 12.3 Å². The third kappa shape index (κ3) is 6.20. The van der Waals surface area contributed by atoms with E-state index in [4.69, 9.17) is 14.4 Å². The van der Waals surface area contributed by atoms with Gasteiger partial charge in [0.15, 0.2) is 5.82 Å². The Labute approximate surface area is 366 Å². The minimum atomic E-state index is -0.281. The lowest BCUT2D eigenvalue weighted by atomic mass is 9.74. The first-order valence-corrected chi connectivity index (χ1v) is 21.6. The number of fused-ring (bicyclic) bond motifs is 6. The van der Waals surface area contributed by atoms with Crippen LogP contribution in [0.25, 0.3) is 100 Å². The number of rotatable bonds is 7. The molecule has 0 amide bonds. The van der Waals surface area contributed by atoms with Crippen molar-refractivity contribution in [1.82, 2.24) is 9.97 Å². The third-order valence-corrected chi connectivity index (χ3v) is 13.0. The summed E-state index contributed by atoms with van der Waals surface area (Å²) < 4.78 is 6.63. The van der Waals surface area contributed by atoms with Crippen LogP contribution in [0.15, 0.2) is 229 Å². The molecule has 0 saturated carbocycles. The maximum Gasteiger partial charge on any atom is 0.160 e. The molecular formula is C60H40N2O. The maximum absolute atomic E-state index is 6.63. The van der Waals surface area contributed by atoms with Crippen LogP contribution in [-0.2, 0) is 5.41 Å². The molecule has 1 unspecified atom stereocenters. The van der Waals surface area contributed by atoms with Crippen LogP contribution in [-0.4, -0.2) is 9.97 Å². The Hall–Kier alpha value is -8.14. The highest BCUT2D eigenvalue weighted by molar-refractivity contribution is 6.10. The Balaban J connectivity index is 1.06. The first-order valence-electron chi connectivity index (χ1n) is 21.6. The third-order valence-electron chi connectivity index (χ3n) is 13.0. The highest BCUT2D eigenvalue weighted by Gasteiger charge is 2.40. The topological polar surface area (TPSA) is 38.9 Å². The van der Waals surface area contributed by atoms with E-state index < -0.39 is 0 Å². The molecule has 0 fully saturated rings. The van der Waals surface area contributed by atoms with Gasteiger partial charge in [0.2, 0.25) is 0 Å². The average Bonchev–Trinajstić information content (AvgIpc) is 3.87. The van der Waals surface area contributed by atoms with Gasteiger partial charge in [-0.2, -0.15) is 0 Å². The molecule has 0 N–H and O–H groups in total. The SMILES string of the molecule is CC1(c2ccccc2)c2ccccc2-c2cc(-c3cc(-c4cc(-c5ccc(-c6ccccc6)cc5)cc(-c5cccc6c5oc5ccccc56)c4)nc(-c4ccccc4)n3)ccc21. The van der Waals surface area contributed by atoms with Crippen molar-refractivity contribution in [1.29, 1.82) is 0 Å². The average molecular weight is 805 g/mol. The summed E-state index contributed by atoms with van der Waals surface area (Å²) in [6.07, 6.45) is 0. The van der Waals surface area contributed by atoms with Gasteiger partial charge in [-0.3, -0.25) is 0 Å². The highest BCUT2D eigenvalue weighted by Crippen LogP contribution is 2.53. The Bertz CT molecular complexity index is 3500. The summed E-state index contributed by atoms with van der Waals surface area (Å²) >= 11 is 0. The first kappa shape index (κ1) is 36.7. The summed E-state index contributed by atoms with van der Waals surface area (Å²) in [5.74, 6) is 0.677. The predicted molar refractivity (Wildman–Crippen MR) is 259 cm³/mol. The lowest BCUT2D eigenvalue weighted by molar-refractivity contribution is 0.670. The van der Waals surface area contributed by atoms with Crippen molar-refractivity contribution in [3.8, 4) is 78.4 Å². The van der Waals surface area contributed by atoms with Gasteiger partial charge in [0.25, 0.3) is 0 Å². The first-order chi connectivity index (χ1) is 31.1. The Morgan fingerprint density at radius 2 is 0.889 bits per heavy atom. The van der Waals surface area contributed by atoms with E-state index in [1.165, 1.54) is 38.9 Å². The summed E-state index contributed by atoms with van der Waals surface area (Å²) in [6.45, 7) is 2.36. The molecule has 9 aromatic carbocycles. The molecule has 11 aromatic rings. The van der Waals surface area contributed by atoms with Crippen LogP contribution in [0.5, 0.6) is 0 Å². The zero-order chi connectivity index (χ0) is 41.9. The summed E-state index contributed by atoms with van der Waals surface area (Å²) in [7, 11) is 0. The summed E-state index contributed by atoms with van der Waals surface area (Å²) in [6, 6.07) is 80.0. The summed E-state index contributed by atoms with van der Waals surface area (Å²) in [5.41, 5.74) is 19.2. The molecule has 1 aliphatic carbocycles. The molecule has 0 aliphatic heterocycles. The number of furan rings is 1. The van der Waals surface area contributed by atoms with E-state index in [0.717, 1.165) is 72.3 Å². The minimum absolute atomic E-state index is 0.281. The van der Waals surface area contributed by atoms with Gasteiger partial charge in [-0.1, -0.05) is 188 Å². The minimum Gasteiger partial charge on any atom is -0.455 e. The zero-order valence-electron chi connectivity index (χ0n) is 34.7. The summed E-state index contributed by atoms with van der Waals surface area (Å²) in [5, 5.41) is 2.20. The van der Waals surface area contributed by atoms with Crippen LogP contribution in [0.2, 0.25) is 0 Å². The van der Waals surface area contributed by atoms with Crippen LogP contribution in [0.3, 0.4) is 0 Å². The number of hydrogen-bond acceptors (Lipinski definition) is 3. The van der Waals surface area contributed by atoms with Gasteiger partial charge in [0.1, 0.15) is 11.2 Å². The number of benzene rings is 9. The molecule has 1 aliphatic rings. The van der Waals surface area contributed by atoms with Crippen molar-refractivity contribution in [2.75, 3.05) is 0 Å². The van der Waals surface area contributed by atoms with Gasteiger partial charge < -0.3 is 4.42 Å². The lowest BCUT2D eigenvalue weighted by Crippen LogP contribution is -2.22. The highest BCUT2D eigenvalue weighted by atomic mass is 16.3. The molecule has 3 heteroatoms. The van der Waals surface area contributed by atoms with Crippen LogP contribution >= 0.6 is 0 Å². The fraction of sp³-hybridized carbons (Fsp3) is 0.0333. The smallest absolute Gasteiger partial charge is 0.160 e. The van der Waals surface area contributed by atoms with Crippen molar-refractivity contribution in [3.63, 3.8) is 0 Å². The van der Waals surface area contributed by atoms with Crippen molar-refractivity contribution < 1.29 is 4.42 Å². The molecule has 12 rings (SSSR count). The Kier molecular flexibility index (Phi) is 8.62. The molecule has 2 aromatic heterocycles. The molecule has 63 heavy (non-hydrogen) atoms. The van der Waals surface area contributed by atoms with Crippen molar-refractivity contribution >= 4 is 21.9 Å². The number of hydrogen-bond donors (Lipinski definition) is 0. The normalized spacial score (nSPS) is 14.2. The molecule has 1 atom stereocenters. The molecule has 0 radical (unpaired) electrons. The predicted octanol–water partition coefficient (Wildman–Crippen LogP) is 15.7. The van der Waals surface area contributed by atoms with Gasteiger partial charge in [0, 0.05) is 38.4 Å². The number of nitrogens with zero attached hydrogens (tertiary/aromatic N) is 2. The van der Waals surface area contributed by atoms with E-state index >= 15 is 0 Å². The second kappa shape index (κ2) is 14.8. The van der Waals surface area contributed by atoms with Crippen LogP contribution < -0.4 is 0 Å². The van der Waals surface area contributed by atoms with Crippen molar-refractivity contribution in [3.05, 3.63) is 241 Å². The van der Waals surface area contributed by atoms with E-state index in [1.807, 2.05) is 30.3 Å². The van der Waals surface area contributed by atoms with E-state index in [1.54, 1.807) is 0 Å². The molecule has 3 nitrogen and oxygen atoms in total. The van der Waals surface area contributed by atoms with Crippen molar-refractivity contribution in [2.24, 2.45) is 0 Å². The Morgan fingerprint density at radius 3 is 1.67 bits per heavy atom. The monoisotopic (exact) mass is 804 g/mol. The molecule has 0 spiro atoms. The van der Waals surface area contributed by atoms with Gasteiger partial charge in [0.05, 0.1) is 11.4 Å². The summed E-state index contributed by atoms with van der Waals surface area (Å²) in [4.78, 5) is 10.7. The van der Waals surface area contributed by atoms with Crippen LogP contribution in [0, 0.1) is 0 Å². The maximum atomic E-state index is 6.63. The molecule has 0 bridgehead atoms. The molecular weight excluding hydrogens is 765 g/mol. The second-order valence-electron chi connectivity index (χ2n) is 16.6. The van der Waals surface area contributed by atoms with E-state index in [9.17, 15) is 0 Å². The number of para-hydroxylation sites is 2. The standard InChI is InChI=1S/C60H40N2O/c1-60(47-20-9-4-10-21-47)53-26-13-11-22-49(53)52-37-43(32-33-54(52)60)55-38-56(62-59(61-55)42-18-7-3-8-19-42)46-35-44(41-30-28-40(29-31-41)39-16-5-2-6-17-39)34-45(36-46)48-24-15-25-51-50-23-12-14-27-57(50)63-58(48)51/h2-38H,1H3. The van der Waals surface area contributed by atoms with E-state index in [0.29, 0.717) is 5.82 Å². The largest absolute Gasteiger partial charge is 0.455 e. The number of aromatic nitrogens is 2. The molecule has 296 valence electrons. The van der Waals surface area contributed by atoms with Gasteiger partial charge in [-0.05, 0) is 99.0 Å². The van der Waals surface area contributed by atoms with Crippen LogP contribution in [0.1, 0.15) is 23.6 Å². The van der Waals surface area contributed by atoms with Gasteiger partial charge in [-0.15, -0.1) is 0 Å². The van der Waals surface area contributed by atoms with E-state index in [2.05, 4.69) is 201 Å². The van der Waals surface area contributed by atoms with Gasteiger partial charge >= 0.3 is 0 Å². The van der Waals surface area contributed by atoms with E-state index in [-0.39, 0.29) is 5.41 Å². The lowest BCUT2D eigenvalue weighted by Gasteiger charge is -2.28. The van der Waals surface area contributed by atoms with Crippen LogP contribution in [0.4, 0.5) is 0 Å².